The lowest BCUT2D eigenvalue weighted by Crippen LogP contribution is -2.31. The third-order valence-corrected chi connectivity index (χ3v) is 2.85. The standard InChI is InChI=1S/C13H15FN2O2/c14-6-9(7-15)8-18-11-2-1-10-3-4-16-13(17)12(10)5-11/h1-2,5-6H,3-4,7-8,15H2,(H,16,17)/b9-6+. The highest BCUT2D eigenvalue weighted by Crippen LogP contribution is 2.21. The number of hydrogen-bond acceptors (Lipinski definition) is 3. The van der Waals surface area contributed by atoms with Crippen molar-refractivity contribution in [3.8, 4) is 5.75 Å². The molecule has 1 aromatic carbocycles. The summed E-state index contributed by atoms with van der Waals surface area (Å²) in [5, 5.41) is 2.77. The van der Waals surface area contributed by atoms with Crippen LogP contribution in [0.25, 0.3) is 0 Å². The van der Waals surface area contributed by atoms with Crippen molar-refractivity contribution in [2.45, 2.75) is 6.42 Å². The van der Waals surface area contributed by atoms with E-state index in [9.17, 15) is 9.18 Å². The van der Waals surface area contributed by atoms with Gasteiger partial charge in [-0.2, -0.15) is 0 Å². The summed E-state index contributed by atoms with van der Waals surface area (Å²) in [5.74, 6) is 0.445. The minimum Gasteiger partial charge on any atom is -0.489 e. The summed E-state index contributed by atoms with van der Waals surface area (Å²) < 4.78 is 17.7. The summed E-state index contributed by atoms with van der Waals surface area (Å²) in [5.41, 5.74) is 7.33. The van der Waals surface area contributed by atoms with Crippen molar-refractivity contribution in [2.24, 2.45) is 5.73 Å². The van der Waals surface area contributed by atoms with Gasteiger partial charge in [-0.05, 0) is 24.1 Å². The lowest BCUT2D eigenvalue weighted by Gasteiger charge is -2.17. The summed E-state index contributed by atoms with van der Waals surface area (Å²) in [6.07, 6.45) is 1.27. The Balaban J connectivity index is 2.11. The number of hydrogen-bond donors (Lipinski definition) is 2. The molecule has 0 aliphatic carbocycles. The second kappa shape index (κ2) is 5.64. The first-order valence-electron chi connectivity index (χ1n) is 5.76. The topological polar surface area (TPSA) is 64.3 Å². The van der Waals surface area contributed by atoms with E-state index in [1.165, 1.54) is 0 Å². The Morgan fingerprint density at radius 1 is 1.56 bits per heavy atom. The maximum atomic E-state index is 12.3. The molecule has 3 N–H and O–H groups in total. The molecule has 0 spiro atoms. The molecule has 0 radical (unpaired) electrons. The molecule has 4 nitrogen and oxygen atoms in total. The fourth-order valence-electron chi connectivity index (χ4n) is 1.79. The summed E-state index contributed by atoms with van der Waals surface area (Å²) in [4.78, 5) is 11.6. The summed E-state index contributed by atoms with van der Waals surface area (Å²) in [7, 11) is 0. The van der Waals surface area contributed by atoms with Crippen LogP contribution in [0.1, 0.15) is 15.9 Å². The van der Waals surface area contributed by atoms with Crippen LogP contribution in [0.4, 0.5) is 4.39 Å². The van der Waals surface area contributed by atoms with Gasteiger partial charge in [0.2, 0.25) is 0 Å². The highest BCUT2D eigenvalue weighted by atomic mass is 19.1. The van der Waals surface area contributed by atoms with E-state index in [2.05, 4.69) is 5.32 Å². The molecule has 18 heavy (non-hydrogen) atoms. The first-order chi connectivity index (χ1) is 8.74. The van der Waals surface area contributed by atoms with Gasteiger partial charge in [0.1, 0.15) is 12.4 Å². The molecule has 5 heteroatoms. The second-order valence-electron chi connectivity index (χ2n) is 4.09. The van der Waals surface area contributed by atoms with Crippen LogP contribution in [0, 0.1) is 0 Å². The van der Waals surface area contributed by atoms with Gasteiger partial charge in [0, 0.05) is 24.2 Å². The van der Waals surface area contributed by atoms with E-state index in [0.717, 1.165) is 12.0 Å². The van der Waals surface area contributed by atoms with Gasteiger partial charge in [-0.3, -0.25) is 4.79 Å². The van der Waals surface area contributed by atoms with E-state index in [-0.39, 0.29) is 19.1 Å². The molecule has 0 aromatic heterocycles. The zero-order valence-electron chi connectivity index (χ0n) is 9.91. The van der Waals surface area contributed by atoms with Crippen molar-refractivity contribution in [2.75, 3.05) is 19.7 Å². The molecule has 0 bridgehead atoms. The third kappa shape index (κ3) is 2.68. The number of amides is 1. The summed E-state index contributed by atoms with van der Waals surface area (Å²) in [6, 6.07) is 5.32. The fraction of sp³-hybridized carbons (Fsp3) is 0.308. The molecule has 1 aliphatic rings. The number of carbonyl (C=O) groups excluding carboxylic acids is 1. The van der Waals surface area contributed by atoms with Gasteiger partial charge in [0.25, 0.3) is 5.91 Å². The summed E-state index contributed by atoms with van der Waals surface area (Å²) >= 11 is 0. The third-order valence-electron chi connectivity index (χ3n) is 2.85. The van der Waals surface area contributed by atoms with Crippen LogP contribution in [0.2, 0.25) is 0 Å². The number of carbonyl (C=O) groups is 1. The molecule has 0 atom stereocenters. The monoisotopic (exact) mass is 250 g/mol. The predicted molar refractivity (Wildman–Crippen MR) is 66.2 cm³/mol. The molecule has 0 saturated heterocycles. The molecular weight excluding hydrogens is 235 g/mol. The minimum atomic E-state index is -0.0956. The van der Waals surface area contributed by atoms with Crippen LogP contribution in [0.5, 0.6) is 5.75 Å². The van der Waals surface area contributed by atoms with E-state index < -0.39 is 0 Å². The van der Waals surface area contributed by atoms with Crippen LogP contribution in [0.3, 0.4) is 0 Å². The maximum absolute atomic E-state index is 12.3. The fourth-order valence-corrected chi connectivity index (χ4v) is 1.79. The normalized spacial score (nSPS) is 15.0. The second-order valence-corrected chi connectivity index (χ2v) is 4.09. The van der Waals surface area contributed by atoms with Crippen molar-refractivity contribution in [3.05, 3.63) is 41.2 Å². The SMILES string of the molecule is NC/C(=C\F)COc1ccc2c(c1)C(=O)NCC2. The smallest absolute Gasteiger partial charge is 0.251 e. The Kier molecular flexibility index (Phi) is 3.94. The van der Waals surface area contributed by atoms with E-state index in [4.69, 9.17) is 10.5 Å². The molecule has 2 rings (SSSR count). The zero-order valence-corrected chi connectivity index (χ0v) is 9.91. The Labute approximate surface area is 105 Å². The van der Waals surface area contributed by atoms with Crippen molar-refractivity contribution < 1.29 is 13.9 Å². The zero-order chi connectivity index (χ0) is 13.0. The largest absolute Gasteiger partial charge is 0.489 e. The first kappa shape index (κ1) is 12.6. The van der Waals surface area contributed by atoms with Gasteiger partial charge in [-0.15, -0.1) is 0 Å². The van der Waals surface area contributed by atoms with Gasteiger partial charge in [0.05, 0.1) is 6.33 Å². The number of benzene rings is 1. The lowest BCUT2D eigenvalue weighted by molar-refractivity contribution is 0.0945. The number of halogens is 1. The van der Waals surface area contributed by atoms with Crippen LogP contribution in [-0.2, 0) is 6.42 Å². The molecule has 1 aliphatic heterocycles. The average Bonchev–Trinajstić information content (AvgIpc) is 2.41. The number of ether oxygens (including phenoxy) is 1. The molecule has 1 aromatic rings. The summed E-state index contributed by atoms with van der Waals surface area (Å²) in [6.45, 7) is 0.864. The van der Waals surface area contributed by atoms with E-state index in [0.29, 0.717) is 29.8 Å². The predicted octanol–water partition coefficient (Wildman–Crippen LogP) is 1.16. The van der Waals surface area contributed by atoms with Gasteiger partial charge < -0.3 is 15.8 Å². The number of rotatable bonds is 4. The Bertz CT molecular complexity index is 486. The van der Waals surface area contributed by atoms with Gasteiger partial charge in [-0.25, -0.2) is 4.39 Å². The number of nitrogens with two attached hydrogens (primary N) is 1. The first-order valence-corrected chi connectivity index (χ1v) is 5.76. The van der Waals surface area contributed by atoms with Crippen LogP contribution in [-0.4, -0.2) is 25.6 Å². The Hall–Kier alpha value is -1.88. The molecule has 0 fully saturated rings. The van der Waals surface area contributed by atoms with Gasteiger partial charge >= 0.3 is 0 Å². The molecular formula is C13H15FN2O2. The lowest BCUT2D eigenvalue weighted by atomic mass is 10.0. The quantitative estimate of drug-likeness (QED) is 0.843. The molecule has 96 valence electrons. The highest BCUT2D eigenvalue weighted by molar-refractivity contribution is 5.97. The number of nitrogens with one attached hydrogen (secondary N) is 1. The molecule has 1 amide bonds. The molecule has 1 heterocycles. The molecule has 0 saturated carbocycles. The molecule has 0 unspecified atom stereocenters. The Morgan fingerprint density at radius 2 is 2.39 bits per heavy atom. The minimum absolute atomic E-state index is 0.0907. The van der Waals surface area contributed by atoms with E-state index in [1.807, 2.05) is 6.07 Å². The van der Waals surface area contributed by atoms with Crippen molar-refractivity contribution in [1.82, 2.24) is 5.32 Å². The van der Waals surface area contributed by atoms with Crippen molar-refractivity contribution in [1.29, 1.82) is 0 Å². The highest BCUT2D eigenvalue weighted by Gasteiger charge is 2.16. The van der Waals surface area contributed by atoms with E-state index >= 15 is 0 Å². The maximum Gasteiger partial charge on any atom is 0.251 e. The van der Waals surface area contributed by atoms with Crippen LogP contribution < -0.4 is 15.8 Å². The van der Waals surface area contributed by atoms with Crippen molar-refractivity contribution in [3.63, 3.8) is 0 Å². The van der Waals surface area contributed by atoms with Crippen molar-refractivity contribution >= 4 is 5.91 Å². The average molecular weight is 250 g/mol. The van der Waals surface area contributed by atoms with Crippen LogP contribution in [0.15, 0.2) is 30.1 Å². The van der Waals surface area contributed by atoms with E-state index in [1.54, 1.807) is 12.1 Å². The number of fused-ring (bicyclic) bond motifs is 1. The van der Waals surface area contributed by atoms with Crippen LogP contribution >= 0.6 is 0 Å². The van der Waals surface area contributed by atoms with Gasteiger partial charge in [-0.1, -0.05) is 6.07 Å². The Morgan fingerprint density at radius 3 is 3.11 bits per heavy atom. The van der Waals surface area contributed by atoms with Gasteiger partial charge in [0.15, 0.2) is 0 Å².